The Bertz CT molecular complexity index is 562. The van der Waals surface area contributed by atoms with Gasteiger partial charge < -0.3 is 4.90 Å². The molecular formula is C18H27NOS. The Hall–Kier alpha value is -0.700. The molecule has 0 saturated heterocycles. The van der Waals surface area contributed by atoms with Crippen LogP contribution in [0.3, 0.4) is 0 Å². The molecule has 2 nitrogen and oxygen atoms in total. The SMILES string of the molecule is CC1=C(C)N2C(C)=C(C)C(=O)C3C(C)C(C)C(C)C(S1)C32. The number of rotatable bonds is 0. The van der Waals surface area contributed by atoms with E-state index in [2.05, 4.69) is 46.4 Å². The molecule has 3 heteroatoms. The highest BCUT2D eigenvalue weighted by Crippen LogP contribution is 2.54. The van der Waals surface area contributed by atoms with Crippen LogP contribution < -0.4 is 0 Å². The number of hydrogen-bond acceptors (Lipinski definition) is 3. The largest absolute Gasteiger partial charge is 0.343 e. The van der Waals surface area contributed by atoms with Gasteiger partial charge in [0.15, 0.2) is 5.78 Å². The van der Waals surface area contributed by atoms with Crippen LogP contribution in [0.2, 0.25) is 0 Å². The number of hydrogen-bond donors (Lipinski definition) is 0. The summed E-state index contributed by atoms with van der Waals surface area (Å²) in [6.45, 7) is 15.6. The van der Waals surface area contributed by atoms with Crippen LogP contribution in [0.1, 0.15) is 48.5 Å². The summed E-state index contributed by atoms with van der Waals surface area (Å²) in [5.41, 5.74) is 3.50. The molecule has 1 fully saturated rings. The molecular weight excluding hydrogens is 278 g/mol. The molecule has 0 aromatic carbocycles. The minimum absolute atomic E-state index is 0.167. The summed E-state index contributed by atoms with van der Waals surface area (Å²) in [4.78, 5) is 16.9. The van der Waals surface area contributed by atoms with Gasteiger partial charge in [0.2, 0.25) is 0 Å². The first-order valence-electron chi connectivity index (χ1n) is 8.12. The average molecular weight is 305 g/mol. The normalized spacial score (nSPS) is 43.4. The lowest BCUT2D eigenvalue weighted by Crippen LogP contribution is -2.61. The van der Waals surface area contributed by atoms with Crippen LogP contribution in [-0.2, 0) is 4.79 Å². The van der Waals surface area contributed by atoms with Crippen molar-refractivity contribution in [3.05, 3.63) is 21.9 Å². The summed E-state index contributed by atoms with van der Waals surface area (Å²) in [6, 6.07) is 0.357. The summed E-state index contributed by atoms with van der Waals surface area (Å²) in [5, 5.41) is 0.539. The number of ketones is 1. The van der Waals surface area contributed by atoms with Gasteiger partial charge in [-0.05, 0) is 45.4 Å². The van der Waals surface area contributed by atoms with Gasteiger partial charge in [0.25, 0.3) is 0 Å². The van der Waals surface area contributed by atoms with Crippen molar-refractivity contribution in [1.29, 1.82) is 0 Å². The first-order valence-corrected chi connectivity index (χ1v) is 9.00. The fourth-order valence-electron chi connectivity index (χ4n) is 4.58. The van der Waals surface area contributed by atoms with Crippen molar-refractivity contribution < 1.29 is 4.79 Å². The second-order valence-corrected chi connectivity index (χ2v) is 8.65. The molecule has 1 aliphatic carbocycles. The Balaban J connectivity index is 2.21. The molecule has 3 aliphatic rings. The molecule has 3 rings (SSSR count). The average Bonchev–Trinajstić information content (AvgIpc) is 2.45. The molecule has 6 atom stereocenters. The molecule has 0 amide bonds. The van der Waals surface area contributed by atoms with Gasteiger partial charge >= 0.3 is 0 Å². The second-order valence-electron chi connectivity index (χ2n) is 7.26. The van der Waals surface area contributed by atoms with E-state index in [0.29, 0.717) is 34.8 Å². The van der Waals surface area contributed by atoms with Crippen molar-refractivity contribution in [2.75, 3.05) is 0 Å². The number of thioether (sulfide) groups is 1. The summed E-state index contributed by atoms with van der Waals surface area (Å²) in [6.07, 6.45) is 0. The number of carbonyl (C=O) groups excluding carboxylic acids is 1. The van der Waals surface area contributed by atoms with Crippen molar-refractivity contribution in [2.45, 2.75) is 59.8 Å². The van der Waals surface area contributed by atoms with E-state index >= 15 is 0 Å². The smallest absolute Gasteiger partial charge is 0.165 e. The van der Waals surface area contributed by atoms with Gasteiger partial charge in [-0.1, -0.05) is 20.8 Å². The molecule has 2 aliphatic heterocycles. The molecule has 0 bridgehead atoms. The Labute approximate surface area is 133 Å². The van der Waals surface area contributed by atoms with E-state index < -0.39 is 0 Å². The molecule has 0 spiro atoms. The lowest BCUT2D eigenvalue weighted by molar-refractivity contribution is -0.127. The number of allylic oxidation sites excluding steroid dienone is 4. The van der Waals surface area contributed by atoms with Crippen LogP contribution in [0.5, 0.6) is 0 Å². The Kier molecular flexibility index (Phi) is 3.55. The third-order valence-electron chi connectivity index (χ3n) is 6.51. The van der Waals surface area contributed by atoms with E-state index in [1.807, 2.05) is 18.7 Å². The fraction of sp³-hybridized carbons (Fsp3) is 0.722. The molecule has 0 N–H and O–H groups in total. The molecule has 0 aromatic heterocycles. The molecule has 21 heavy (non-hydrogen) atoms. The van der Waals surface area contributed by atoms with E-state index in [-0.39, 0.29) is 5.92 Å². The third kappa shape index (κ3) is 1.89. The molecule has 1 saturated carbocycles. The topological polar surface area (TPSA) is 20.3 Å². The van der Waals surface area contributed by atoms with Gasteiger partial charge in [-0.3, -0.25) is 4.79 Å². The van der Waals surface area contributed by atoms with Gasteiger partial charge in [-0.25, -0.2) is 0 Å². The predicted octanol–water partition coefficient (Wildman–Crippen LogP) is 4.44. The van der Waals surface area contributed by atoms with Crippen LogP contribution in [0, 0.1) is 23.7 Å². The van der Waals surface area contributed by atoms with E-state index in [1.54, 1.807) is 0 Å². The van der Waals surface area contributed by atoms with Crippen LogP contribution in [0.15, 0.2) is 21.9 Å². The first kappa shape index (κ1) is 15.2. The van der Waals surface area contributed by atoms with Crippen molar-refractivity contribution >= 4 is 17.5 Å². The number of nitrogens with zero attached hydrogens (tertiary/aromatic N) is 1. The number of carbonyl (C=O) groups is 1. The van der Waals surface area contributed by atoms with Gasteiger partial charge in [0.05, 0.1) is 6.04 Å². The highest BCUT2D eigenvalue weighted by molar-refractivity contribution is 8.03. The predicted molar refractivity (Wildman–Crippen MR) is 89.7 cm³/mol. The zero-order valence-electron chi connectivity index (χ0n) is 14.2. The maximum absolute atomic E-state index is 12.9. The summed E-state index contributed by atoms with van der Waals surface area (Å²) < 4.78 is 0. The Morgan fingerprint density at radius 1 is 0.905 bits per heavy atom. The van der Waals surface area contributed by atoms with E-state index in [4.69, 9.17) is 0 Å². The second kappa shape index (κ2) is 4.91. The maximum atomic E-state index is 12.9. The summed E-state index contributed by atoms with van der Waals surface area (Å²) in [7, 11) is 0. The molecule has 116 valence electrons. The summed E-state index contributed by atoms with van der Waals surface area (Å²) in [5.74, 6) is 2.28. The van der Waals surface area contributed by atoms with Gasteiger partial charge in [0.1, 0.15) is 0 Å². The lowest BCUT2D eigenvalue weighted by Gasteiger charge is -2.57. The van der Waals surface area contributed by atoms with E-state index in [0.717, 1.165) is 5.57 Å². The highest BCUT2D eigenvalue weighted by Gasteiger charge is 2.55. The fourth-order valence-corrected chi connectivity index (χ4v) is 6.15. The minimum atomic E-state index is 0.167. The first-order chi connectivity index (χ1) is 9.77. The van der Waals surface area contributed by atoms with Crippen LogP contribution in [0.25, 0.3) is 0 Å². The molecule has 0 aromatic rings. The van der Waals surface area contributed by atoms with Crippen molar-refractivity contribution in [3.63, 3.8) is 0 Å². The van der Waals surface area contributed by atoms with Crippen LogP contribution >= 0.6 is 11.8 Å². The van der Waals surface area contributed by atoms with Gasteiger partial charge in [-0.2, -0.15) is 0 Å². The van der Waals surface area contributed by atoms with Crippen molar-refractivity contribution in [1.82, 2.24) is 4.90 Å². The number of Topliss-reactive ketones (excluding diaryl/α,β-unsaturated/α-hetero) is 1. The third-order valence-corrected chi connectivity index (χ3v) is 8.14. The zero-order chi connectivity index (χ0) is 15.6. The Morgan fingerprint density at radius 3 is 2.14 bits per heavy atom. The quantitative estimate of drug-likeness (QED) is 0.660. The monoisotopic (exact) mass is 305 g/mol. The van der Waals surface area contributed by atoms with Crippen molar-refractivity contribution in [2.24, 2.45) is 23.7 Å². The Morgan fingerprint density at radius 2 is 1.52 bits per heavy atom. The highest BCUT2D eigenvalue weighted by atomic mass is 32.2. The zero-order valence-corrected chi connectivity index (χ0v) is 15.0. The van der Waals surface area contributed by atoms with Crippen LogP contribution in [-0.4, -0.2) is 22.0 Å². The molecule has 2 heterocycles. The van der Waals surface area contributed by atoms with E-state index in [1.165, 1.54) is 16.3 Å². The minimum Gasteiger partial charge on any atom is -0.343 e. The van der Waals surface area contributed by atoms with Gasteiger partial charge in [-0.15, -0.1) is 11.8 Å². The summed E-state index contributed by atoms with van der Waals surface area (Å²) >= 11 is 2.02. The standard InChI is InChI=1S/C18H27NOS/c1-8-9(2)15-16-18(10(8)3)21-14(7)13(6)19(16)12(5)11(4)17(15)20/h8-10,15-16,18H,1-7H3. The van der Waals surface area contributed by atoms with Crippen LogP contribution in [0.4, 0.5) is 0 Å². The molecule has 6 unspecified atom stereocenters. The molecule has 0 radical (unpaired) electrons. The maximum Gasteiger partial charge on any atom is 0.165 e. The van der Waals surface area contributed by atoms with E-state index in [9.17, 15) is 4.79 Å². The lowest BCUT2D eigenvalue weighted by atomic mass is 9.62. The van der Waals surface area contributed by atoms with Crippen molar-refractivity contribution in [3.8, 4) is 0 Å². The van der Waals surface area contributed by atoms with Gasteiger partial charge in [0, 0.05) is 33.0 Å².